The Kier molecular flexibility index (Phi) is 6.87. The van der Waals surface area contributed by atoms with Gasteiger partial charge in [-0.3, -0.25) is 4.79 Å². The van der Waals surface area contributed by atoms with Crippen molar-refractivity contribution in [3.05, 3.63) is 87.4 Å². The number of carbonyl (C=O) groups excluding carboxylic acids is 1. The topological polar surface area (TPSA) is 41.6 Å². The van der Waals surface area contributed by atoms with Crippen LogP contribution in [0.2, 0.25) is 10.0 Å². The Balaban J connectivity index is 1.73. The molecule has 0 fully saturated rings. The van der Waals surface area contributed by atoms with Crippen molar-refractivity contribution in [1.29, 1.82) is 0 Å². The van der Waals surface area contributed by atoms with Gasteiger partial charge in [-0.05, 0) is 54.8 Å². The number of halogens is 2. The van der Waals surface area contributed by atoms with E-state index in [4.69, 9.17) is 27.9 Å². The first-order valence-corrected chi connectivity index (χ1v) is 11.9. The predicted molar refractivity (Wildman–Crippen MR) is 137 cm³/mol. The highest BCUT2D eigenvalue weighted by Crippen LogP contribution is 2.49. The Morgan fingerprint density at radius 1 is 1.03 bits per heavy atom. The molecule has 172 valence electrons. The highest BCUT2D eigenvalue weighted by molar-refractivity contribution is 6.32. The van der Waals surface area contributed by atoms with Gasteiger partial charge in [0.1, 0.15) is 11.2 Å². The fraction of sp³-hybridized carbons (Fsp3) is 0.296. The summed E-state index contributed by atoms with van der Waals surface area (Å²) in [6, 6.07) is 19.1. The number of unbranched alkanes of at least 4 members (excludes halogenated alkanes) is 1. The Hall–Kier alpha value is -2.69. The molecule has 0 bridgehead atoms. The molecule has 1 atom stereocenters. The highest BCUT2D eigenvalue weighted by Gasteiger charge is 2.49. The summed E-state index contributed by atoms with van der Waals surface area (Å²) in [4.78, 5) is 15.8. The third-order valence-electron chi connectivity index (χ3n) is 6.35. The minimum atomic E-state index is -0.937. The average molecular weight is 483 g/mol. The van der Waals surface area contributed by atoms with Gasteiger partial charge < -0.3 is 15.0 Å². The van der Waals surface area contributed by atoms with Gasteiger partial charge in [-0.1, -0.05) is 60.8 Å². The van der Waals surface area contributed by atoms with E-state index in [-0.39, 0.29) is 5.91 Å². The number of benzene rings is 3. The van der Waals surface area contributed by atoms with Crippen LogP contribution in [0.5, 0.6) is 5.75 Å². The van der Waals surface area contributed by atoms with Gasteiger partial charge in [0, 0.05) is 39.6 Å². The van der Waals surface area contributed by atoms with Crippen molar-refractivity contribution in [3.63, 3.8) is 0 Å². The molecule has 0 aliphatic carbocycles. The molecular weight excluding hydrogens is 455 g/mol. The van der Waals surface area contributed by atoms with E-state index in [2.05, 4.69) is 12.2 Å². The van der Waals surface area contributed by atoms with Crippen molar-refractivity contribution in [2.75, 3.05) is 23.9 Å². The maximum Gasteiger partial charge on any atom is 0.242 e. The number of anilines is 2. The minimum absolute atomic E-state index is 0.0416. The number of carbonyl (C=O) groups is 1. The minimum Gasteiger partial charge on any atom is -0.496 e. The third-order valence-corrected chi connectivity index (χ3v) is 6.91. The van der Waals surface area contributed by atoms with Crippen LogP contribution in [-0.4, -0.2) is 19.6 Å². The summed E-state index contributed by atoms with van der Waals surface area (Å²) in [5.74, 6) is 0.700. The smallest absolute Gasteiger partial charge is 0.242 e. The van der Waals surface area contributed by atoms with Crippen LogP contribution in [0.15, 0.2) is 60.7 Å². The molecule has 33 heavy (non-hydrogen) atoms. The van der Waals surface area contributed by atoms with Gasteiger partial charge in [0.05, 0.1) is 13.7 Å². The normalized spacial score (nSPS) is 17.2. The largest absolute Gasteiger partial charge is 0.496 e. The molecule has 0 aromatic heterocycles. The molecule has 0 saturated carbocycles. The first-order valence-electron chi connectivity index (χ1n) is 11.2. The molecule has 1 aliphatic heterocycles. The lowest BCUT2D eigenvalue weighted by atomic mass is 9.77. The van der Waals surface area contributed by atoms with Crippen molar-refractivity contribution in [2.24, 2.45) is 0 Å². The molecule has 1 amide bonds. The van der Waals surface area contributed by atoms with Crippen LogP contribution in [-0.2, 0) is 16.8 Å². The first kappa shape index (κ1) is 23.5. The van der Waals surface area contributed by atoms with Gasteiger partial charge in [-0.2, -0.15) is 0 Å². The standard InChI is InChI=1S/C27H28Cl2N2O2/c1-4-5-14-30-20-12-10-18(25(16-20)33-3)17-31-24-13-11-19(28)15-22(24)27(2,26(31)32)21-8-6-7-9-23(21)29/h6-13,15-16,30H,4-5,14,17H2,1-3H3. The van der Waals surface area contributed by atoms with Crippen molar-refractivity contribution in [1.82, 2.24) is 0 Å². The van der Waals surface area contributed by atoms with Gasteiger partial charge >= 0.3 is 0 Å². The maximum absolute atomic E-state index is 14.0. The summed E-state index contributed by atoms with van der Waals surface area (Å²) in [6.07, 6.45) is 2.24. The number of hydrogen-bond donors (Lipinski definition) is 1. The molecule has 0 saturated heterocycles. The first-order chi connectivity index (χ1) is 15.9. The van der Waals surface area contributed by atoms with Crippen LogP contribution < -0.4 is 15.0 Å². The summed E-state index contributed by atoms with van der Waals surface area (Å²) in [5, 5.41) is 4.56. The van der Waals surface area contributed by atoms with Crippen LogP contribution in [0.4, 0.5) is 11.4 Å². The Morgan fingerprint density at radius 3 is 2.55 bits per heavy atom. The van der Waals surface area contributed by atoms with Gasteiger partial charge in [0.2, 0.25) is 5.91 Å². The number of nitrogens with zero attached hydrogens (tertiary/aromatic N) is 1. The zero-order valence-corrected chi connectivity index (χ0v) is 20.6. The zero-order chi connectivity index (χ0) is 23.6. The molecule has 0 radical (unpaired) electrons. The number of ether oxygens (including phenoxy) is 1. The second-order valence-corrected chi connectivity index (χ2v) is 9.31. The lowest BCUT2D eigenvalue weighted by Gasteiger charge is -2.26. The van der Waals surface area contributed by atoms with E-state index in [9.17, 15) is 4.79 Å². The van der Waals surface area contributed by atoms with Crippen LogP contribution >= 0.6 is 23.2 Å². The predicted octanol–water partition coefficient (Wildman–Crippen LogP) is 7.07. The van der Waals surface area contributed by atoms with E-state index in [1.807, 2.05) is 67.6 Å². The Morgan fingerprint density at radius 2 is 1.82 bits per heavy atom. The number of fused-ring (bicyclic) bond motifs is 1. The molecule has 1 unspecified atom stereocenters. The lowest BCUT2D eigenvalue weighted by Crippen LogP contribution is -2.39. The van der Waals surface area contributed by atoms with Crippen molar-refractivity contribution >= 4 is 40.5 Å². The molecule has 0 spiro atoms. The van der Waals surface area contributed by atoms with Crippen molar-refractivity contribution < 1.29 is 9.53 Å². The molecule has 1 heterocycles. The molecule has 4 nitrogen and oxygen atoms in total. The Bertz CT molecular complexity index is 1180. The average Bonchev–Trinajstić information content (AvgIpc) is 3.02. The van der Waals surface area contributed by atoms with Crippen LogP contribution in [0.25, 0.3) is 0 Å². The second-order valence-electron chi connectivity index (χ2n) is 8.46. The summed E-state index contributed by atoms with van der Waals surface area (Å²) in [5.41, 5.74) is 3.45. The van der Waals surface area contributed by atoms with Crippen molar-refractivity contribution in [2.45, 2.75) is 38.6 Å². The molecule has 3 aromatic carbocycles. The summed E-state index contributed by atoms with van der Waals surface area (Å²) >= 11 is 12.9. The molecule has 6 heteroatoms. The van der Waals surface area contributed by atoms with E-state index in [0.29, 0.717) is 16.6 Å². The maximum atomic E-state index is 14.0. The summed E-state index contributed by atoms with van der Waals surface area (Å²) in [7, 11) is 1.65. The van der Waals surface area contributed by atoms with E-state index in [1.54, 1.807) is 12.0 Å². The third kappa shape index (κ3) is 4.30. The fourth-order valence-corrected chi connectivity index (χ4v) is 4.98. The van der Waals surface area contributed by atoms with Crippen LogP contribution in [0, 0.1) is 0 Å². The molecule has 3 aromatic rings. The SMILES string of the molecule is CCCCNc1ccc(CN2C(=O)C(C)(c3ccccc3Cl)c3cc(Cl)ccc32)c(OC)c1. The van der Waals surface area contributed by atoms with E-state index in [0.717, 1.165) is 53.2 Å². The van der Waals surface area contributed by atoms with Gasteiger partial charge in [-0.25, -0.2) is 0 Å². The summed E-state index contributed by atoms with van der Waals surface area (Å²) < 4.78 is 5.68. The van der Waals surface area contributed by atoms with E-state index >= 15 is 0 Å². The molecule has 1 aliphatic rings. The van der Waals surface area contributed by atoms with Crippen LogP contribution in [0.3, 0.4) is 0 Å². The number of methoxy groups -OCH3 is 1. The number of amides is 1. The molecular formula is C27H28Cl2N2O2. The molecule has 1 N–H and O–H groups in total. The molecule has 4 rings (SSSR count). The fourth-order valence-electron chi connectivity index (χ4n) is 4.49. The second kappa shape index (κ2) is 9.66. The lowest BCUT2D eigenvalue weighted by molar-refractivity contribution is -0.121. The number of hydrogen-bond acceptors (Lipinski definition) is 3. The zero-order valence-electron chi connectivity index (χ0n) is 19.1. The monoisotopic (exact) mass is 482 g/mol. The van der Waals surface area contributed by atoms with E-state index < -0.39 is 5.41 Å². The van der Waals surface area contributed by atoms with E-state index in [1.165, 1.54) is 0 Å². The van der Waals surface area contributed by atoms with Gasteiger partial charge in [0.15, 0.2) is 0 Å². The Labute approximate surface area is 205 Å². The van der Waals surface area contributed by atoms with Crippen LogP contribution in [0.1, 0.15) is 43.4 Å². The number of nitrogens with one attached hydrogen (secondary N) is 1. The number of rotatable bonds is 8. The van der Waals surface area contributed by atoms with Crippen molar-refractivity contribution in [3.8, 4) is 5.75 Å². The van der Waals surface area contributed by atoms with Gasteiger partial charge in [0.25, 0.3) is 0 Å². The van der Waals surface area contributed by atoms with Gasteiger partial charge in [-0.15, -0.1) is 0 Å². The quantitative estimate of drug-likeness (QED) is 0.349. The highest BCUT2D eigenvalue weighted by atomic mass is 35.5. The summed E-state index contributed by atoms with van der Waals surface area (Å²) in [6.45, 7) is 5.38.